The quantitative estimate of drug-likeness (QED) is 0.278. The van der Waals surface area contributed by atoms with Crippen molar-refractivity contribution in [1.29, 1.82) is 0 Å². The van der Waals surface area contributed by atoms with Gasteiger partial charge in [-0.25, -0.2) is 0 Å². The zero-order valence-corrected chi connectivity index (χ0v) is 30.4. The Hall–Kier alpha value is -4.88. The monoisotopic (exact) mass is 712 g/mol. The number of fused-ring (bicyclic) bond motifs is 8. The highest BCUT2D eigenvalue weighted by Crippen LogP contribution is 2.47. The van der Waals surface area contributed by atoms with Gasteiger partial charge in [-0.3, -0.25) is 38.8 Å². The van der Waals surface area contributed by atoms with E-state index < -0.39 is 0 Å². The maximum Gasteiger partial charge on any atom is 0.261 e. The lowest BCUT2D eigenvalue weighted by Crippen LogP contribution is -2.50. The van der Waals surface area contributed by atoms with E-state index in [-0.39, 0.29) is 23.6 Å². The lowest BCUT2D eigenvalue weighted by molar-refractivity contribution is 0.0563. The van der Waals surface area contributed by atoms with Gasteiger partial charge in [0.1, 0.15) is 0 Å². The summed E-state index contributed by atoms with van der Waals surface area (Å²) in [4.78, 5) is 73.0. The number of imide groups is 2. The molecular weight excluding hydrogens is 669 g/mol. The molecule has 6 aliphatic rings. The molecule has 6 heterocycles. The van der Waals surface area contributed by atoms with Gasteiger partial charge >= 0.3 is 0 Å². The number of carbonyl (C=O) groups is 4. The van der Waals surface area contributed by atoms with Gasteiger partial charge in [0.15, 0.2) is 0 Å². The number of piperazine rings is 2. The van der Waals surface area contributed by atoms with E-state index in [0.29, 0.717) is 68.2 Å². The van der Waals surface area contributed by atoms with Crippen LogP contribution in [0.15, 0.2) is 48.5 Å². The highest BCUT2D eigenvalue weighted by Gasteiger charge is 2.41. The summed E-state index contributed by atoms with van der Waals surface area (Å²) in [5.74, 6) is -0.912. The molecular formula is C41H44N8O4. The Balaban J connectivity index is 0.989. The van der Waals surface area contributed by atoms with E-state index in [4.69, 9.17) is 0 Å². The van der Waals surface area contributed by atoms with Crippen LogP contribution < -0.4 is 9.80 Å². The molecule has 272 valence electrons. The van der Waals surface area contributed by atoms with Gasteiger partial charge in [-0.1, -0.05) is 24.3 Å². The Labute approximate surface area is 308 Å². The number of hydrogen-bond acceptors (Lipinski definition) is 10. The third-order valence-corrected chi connectivity index (χ3v) is 12.5. The molecule has 2 fully saturated rings. The van der Waals surface area contributed by atoms with E-state index >= 15 is 0 Å². The molecule has 4 aromatic carbocycles. The summed E-state index contributed by atoms with van der Waals surface area (Å²) in [7, 11) is 4.24. The van der Waals surface area contributed by atoms with Crippen molar-refractivity contribution < 1.29 is 19.2 Å². The molecule has 0 saturated carbocycles. The summed E-state index contributed by atoms with van der Waals surface area (Å²) in [5.41, 5.74) is 6.46. The number of likely N-dealkylation sites (N-methyl/N-ethyl adjacent to an activating group) is 2. The van der Waals surface area contributed by atoms with Crippen LogP contribution in [0.25, 0.3) is 21.5 Å². The number of benzene rings is 4. The van der Waals surface area contributed by atoms with Gasteiger partial charge in [0, 0.05) is 136 Å². The Kier molecular flexibility index (Phi) is 7.62. The smallest absolute Gasteiger partial charge is 0.261 e. The van der Waals surface area contributed by atoms with Gasteiger partial charge in [-0.2, -0.15) is 0 Å². The molecule has 0 unspecified atom stereocenters. The van der Waals surface area contributed by atoms with Crippen LogP contribution in [0, 0.1) is 0 Å². The van der Waals surface area contributed by atoms with Crippen molar-refractivity contribution in [2.45, 2.75) is 13.1 Å². The first-order valence-electron chi connectivity index (χ1n) is 19.0. The highest BCUT2D eigenvalue weighted by molar-refractivity contribution is 6.28. The predicted molar refractivity (Wildman–Crippen MR) is 204 cm³/mol. The molecule has 2 saturated heterocycles. The fourth-order valence-corrected chi connectivity index (χ4v) is 9.50. The van der Waals surface area contributed by atoms with Crippen molar-refractivity contribution in [3.05, 3.63) is 81.9 Å². The van der Waals surface area contributed by atoms with Crippen LogP contribution in [0.5, 0.6) is 0 Å². The van der Waals surface area contributed by atoms with Crippen LogP contribution in [0.2, 0.25) is 0 Å². The van der Waals surface area contributed by atoms with Gasteiger partial charge in [0.05, 0.1) is 17.9 Å². The van der Waals surface area contributed by atoms with Crippen molar-refractivity contribution in [3.63, 3.8) is 0 Å². The van der Waals surface area contributed by atoms with E-state index in [1.165, 1.54) is 9.80 Å². The summed E-state index contributed by atoms with van der Waals surface area (Å²) in [6, 6.07) is 15.7. The lowest BCUT2D eigenvalue weighted by atomic mass is 9.86. The van der Waals surface area contributed by atoms with Crippen LogP contribution >= 0.6 is 0 Å². The van der Waals surface area contributed by atoms with Gasteiger partial charge in [0.25, 0.3) is 23.6 Å². The van der Waals surface area contributed by atoms with Crippen molar-refractivity contribution in [3.8, 4) is 0 Å². The number of hydrogen-bond donors (Lipinski definition) is 0. The Morgan fingerprint density at radius 3 is 1.62 bits per heavy atom. The maximum absolute atomic E-state index is 14.2. The largest absolute Gasteiger partial charge is 0.349 e. The van der Waals surface area contributed by atoms with E-state index in [2.05, 4.69) is 43.5 Å². The Morgan fingerprint density at radius 2 is 1.04 bits per heavy atom. The van der Waals surface area contributed by atoms with E-state index in [9.17, 15) is 19.2 Å². The molecule has 0 aromatic heterocycles. The molecule has 0 radical (unpaired) electrons. The normalized spacial score (nSPS) is 20.9. The molecule has 0 aliphatic carbocycles. The highest BCUT2D eigenvalue weighted by atomic mass is 16.2. The molecule has 6 aliphatic heterocycles. The molecule has 4 amide bonds. The molecule has 12 nitrogen and oxygen atoms in total. The third-order valence-electron chi connectivity index (χ3n) is 12.5. The number of amides is 4. The number of carbonyl (C=O) groups excluding carboxylic acids is 4. The SMILES string of the molecule is CN1CCN(CCN2C(=O)c3cccc4c5c(cc(c34)C2=O)N2Cc3cc4c6c(cccc6c3N(C5)C2)C(=O)N(CCN2CCN(C)CC2)C4=O)CC1. The number of nitrogens with zero attached hydrogens (tertiary/aromatic N) is 8. The number of anilines is 2. The van der Waals surface area contributed by atoms with Crippen molar-refractivity contribution in [2.24, 2.45) is 0 Å². The second-order valence-corrected chi connectivity index (χ2v) is 15.7. The molecule has 2 bridgehead atoms. The lowest BCUT2D eigenvalue weighted by Gasteiger charge is -2.46. The van der Waals surface area contributed by atoms with Crippen LogP contribution in [-0.2, 0) is 13.1 Å². The average Bonchev–Trinajstić information content (AvgIpc) is 3.17. The summed E-state index contributed by atoms with van der Waals surface area (Å²) in [5, 5.41) is 3.32. The maximum atomic E-state index is 14.2. The fraction of sp³-hybridized carbons (Fsp3) is 0.415. The second kappa shape index (κ2) is 12.3. The van der Waals surface area contributed by atoms with Crippen LogP contribution in [-0.4, -0.2) is 152 Å². The van der Waals surface area contributed by atoms with Crippen LogP contribution in [0.3, 0.4) is 0 Å². The third kappa shape index (κ3) is 5.10. The van der Waals surface area contributed by atoms with Gasteiger partial charge in [-0.15, -0.1) is 0 Å². The first kappa shape index (κ1) is 32.7. The van der Waals surface area contributed by atoms with E-state index in [1.54, 1.807) is 0 Å². The summed E-state index contributed by atoms with van der Waals surface area (Å²) in [6.45, 7) is 11.4. The summed E-state index contributed by atoms with van der Waals surface area (Å²) >= 11 is 0. The number of rotatable bonds is 6. The molecule has 0 spiro atoms. The van der Waals surface area contributed by atoms with Crippen molar-refractivity contribution >= 4 is 56.5 Å². The van der Waals surface area contributed by atoms with E-state index in [1.807, 2.05) is 48.5 Å². The van der Waals surface area contributed by atoms with Crippen LogP contribution in [0.4, 0.5) is 11.4 Å². The predicted octanol–water partition coefficient (Wildman–Crippen LogP) is 2.98. The summed E-state index contributed by atoms with van der Waals surface area (Å²) in [6.07, 6.45) is 0. The molecule has 10 rings (SSSR count). The average molecular weight is 713 g/mol. The van der Waals surface area contributed by atoms with Crippen molar-refractivity contribution in [1.82, 2.24) is 29.4 Å². The molecule has 0 atom stereocenters. The standard InChI is InChI=1S/C41H44N8O4/c1-42-9-13-44(14-10-42)17-19-48-39(51)30-8-4-6-28-36(30)31(40(48)52)21-26-23-46-25-47(37(26)28)24-33-27-5-3-7-29-35(27)32(22-34(33)46)41(53)49(38(29)50)20-18-45-15-11-43(2)12-16-45/h3-8,21-22H,9-20,23-25H2,1-2H3. The molecule has 0 N–H and O–H groups in total. The zero-order chi connectivity index (χ0) is 36.1. The first-order chi connectivity index (χ1) is 25.7. The fourth-order valence-electron chi connectivity index (χ4n) is 9.50. The van der Waals surface area contributed by atoms with Gasteiger partial charge in [0.2, 0.25) is 0 Å². The topological polar surface area (TPSA) is 94.2 Å². The first-order valence-corrected chi connectivity index (χ1v) is 19.0. The minimum absolute atomic E-state index is 0.225. The van der Waals surface area contributed by atoms with Crippen molar-refractivity contribution in [2.75, 3.05) is 109 Å². The van der Waals surface area contributed by atoms with Crippen LogP contribution in [0.1, 0.15) is 52.6 Å². The molecule has 4 aromatic rings. The van der Waals surface area contributed by atoms with E-state index in [0.717, 1.165) is 96.4 Å². The Morgan fingerprint density at radius 1 is 0.528 bits per heavy atom. The molecule has 12 heteroatoms. The second-order valence-electron chi connectivity index (χ2n) is 15.7. The zero-order valence-electron chi connectivity index (χ0n) is 30.4. The molecule has 53 heavy (non-hydrogen) atoms. The minimum atomic E-state index is -0.231. The Bertz CT molecular complexity index is 2260. The minimum Gasteiger partial charge on any atom is -0.349 e. The summed E-state index contributed by atoms with van der Waals surface area (Å²) < 4.78 is 0. The van der Waals surface area contributed by atoms with Gasteiger partial charge < -0.3 is 19.6 Å². The van der Waals surface area contributed by atoms with Gasteiger partial charge in [-0.05, 0) is 49.3 Å².